The average Bonchev–Trinajstić information content (AvgIpc) is 2.61. The lowest BCUT2D eigenvalue weighted by Crippen LogP contribution is -2.39. The van der Waals surface area contributed by atoms with Crippen molar-refractivity contribution in [1.82, 2.24) is 4.90 Å². The van der Waals surface area contributed by atoms with Gasteiger partial charge < -0.3 is 10.1 Å². The number of aryl methyl sites for hydroxylation is 1. The van der Waals surface area contributed by atoms with Crippen LogP contribution in [0.5, 0.6) is 5.75 Å². The Labute approximate surface area is 156 Å². The van der Waals surface area contributed by atoms with Crippen molar-refractivity contribution in [3.8, 4) is 5.75 Å². The summed E-state index contributed by atoms with van der Waals surface area (Å²) in [4.78, 5) is 14.3. The molecule has 0 aromatic heterocycles. The van der Waals surface area contributed by atoms with Crippen molar-refractivity contribution >= 4 is 11.6 Å². The van der Waals surface area contributed by atoms with Crippen LogP contribution < -0.4 is 10.1 Å². The number of hydrogen-bond acceptors (Lipinski definition) is 3. The van der Waals surface area contributed by atoms with E-state index in [1.165, 1.54) is 19.2 Å². The third-order valence-electron chi connectivity index (χ3n) is 4.37. The van der Waals surface area contributed by atoms with Crippen LogP contribution in [0.2, 0.25) is 0 Å². The molecule has 1 atom stereocenters. The molecule has 146 valence electrons. The fourth-order valence-electron chi connectivity index (χ4n) is 2.58. The number of nitrogens with one attached hydrogen (secondary N) is 1. The summed E-state index contributed by atoms with van der Waals surface area (Å²) in [5, 5.41) is 2.84. The summed E-state index contributed by atoms with van der Waals surface area (Å²) in [6, 6.07) is 9.94. The number of carbonyl (C=O) groups is 1. The molecular weight excluding hydrogens is 357 g/mol. The van der Waals surface area contributed by atoms with Crippen LogP contribution in [-0.2, 0) is 17.5 Å². The third kappa shape index (κ3) is 5.47. The largest absolute Gasteiger partial charge is 0.495 e. The highest BCUT2D eigenvalue weighted by atomic mass is 19.4. The number of rotatable bonds is 6. The Morgan fingerprint density at radius 2 is 1.81 bits per heavy atom. The quantitative estimate of drug-likeness (QED) is 0.803. The van der Waals surface area contributed by atoms with Crippen LogP contribution >= 0.6 is 0 Å². The zero-order valence-corrected chi connectivity index (χ0v) is 15.7. The number of hydrogen-bond donors (Lipinski definition) is 1. The van der Waals surface area contributed by atoms with Crippen molar-refractivity contribution in [2.24, 2.45) is 0 Å². The number of benzene rings is 2. The van der Waals surface area contributed by atoms with Crippen molar-refractivity contribution in [3.63, 3.8) is 0 Å². The zero-order chi connectivity index (χ0) is 20.2. The van der Waals surface area contributed by atoms with E-state index in [2.05, 4.69) is 5.32 Å². The first kappa shape index (κ1) is 20.8. The van der Waals surface area contributed by atoms with Gasteiger partial charge in [0.25, 0.3) is 0 Å². The van der Waals surface area contributed by atoms with Crippen molar-refractivity contribution in [3.05, 3.63) is 59.2 Å². The van der Waals surface area contributed by atoms with Gasteiger partial charge in [-0.25, -0.2) is 0 Å². The van der Waals surface area contributed by atoms with E-state index >= 15 is 0 Å². The minimum Gasteiger partial charge on any atom is -0.495 e. The van der Waals surface area contributed by atoms with Gasteiger partial charge in [0.05, 0.1) is 24.4 Å². The average molecular weight is 380 g/mol. The summed E-state index contributed by atoms with van der Waals surface area (Å²) >= 11 is 0. The molecule has 0 saturated heterocycles. The summed E-state index contributed by atoms with van der Waals surface area (Å²) in [6.45, 7) is 3.99. The molecule has 1 N–H and O–H groups in total. The lowest BCUT2D eigenvalue weighted by Gasteiger charge is -2.24. The number of amides is 1. The minimum atomic E-state index is -4.36. The van der Waals surface area contributed by atoms with E-state index in [0.29, 0.717) is 23.5 Å². The van der Waals surface area contributed by atoms with Gasteiger partial charge in [-0.05, 0) is 56.3 Å². The zero-order valence-electron chi connectivity index (χ0n) is 15.7. The monoisotopic (exact) mass is 380 g/mol. The number of nitrogens with zero attached hydrogens (tertiary/aromatic N) is 1. The number of methoxy groups -OCH3 is 1. The summed E-state index contributed by atoms with van der Waals surface area (Å²) in [6.07, 6.45) is -4.36. The molecule has 7 heteroatoms. The van der Waals surface area contributed by atoms with Crippen molar-refractivity contribution in [2.75, 3.05) is 19.5 Å². The van der Waals surface area contributed by atoms with Crippen LogP contribution in [0, 0.1) is 6.92 Å². The molecule has 1 unspecified atom stereocenters. The van der Waals surface area contributed by atoms with Gasteiger partial charge in [0.2, 0.25) is 5.91 Å². The van der Waals surface area contributed by atoms with Gasteiger partial charge in [-0.2, -0.15) is 13.2 Å². The molecule has 0 radical (unpaired) electrons. The fourth-order valence-corrected chi connectivity index (χ4v) is 2.58. The molecule has 1 amide bonds. The topological polar surface area (TPSA) is 41.6 Å². The van der Waals surface area contributed by atoms with E-state index < -0.39 is 17.8 Å². The Balaban J connectivity index is 2.03. The van der Waals surface area contributed by atoms with E-state index in [0.717, 1.165) is 17.7 Å². The first-order valence-electron chi connectivity index (χ1n) is 8.43. The normalized spacial score (nSPS) is 12.7. The van der Waals surface area contributed by atoms with Crippen molar-refractivity contribution in [1.29, 1.82) is 0 Å². The summed E-state index contributed by atoms with van der Waals surface area (Å²) < 4.78 is 43.2. The third-order valence-corrected chi connectivity index (χ3v) is 4.37. The second-order valence-corrected chi connectivity index (χ2v) is 6.48. The van der Waals surface area contributed by atoms with Crippen LogP contribution in [0.15, 0.2) is 42.5 Å². The molecule has 0 aliphatic rings. The van der Waals surface area contributed by atoms with Crippen molar-refractivity contribution in [2.45, 2.75) is 32.6 Å². The number of anilines is 1. The predicted octanol–water partition coefficient (Wildman–Crippen LogP) is 4.48. The van der Waals surface area contributed by atoms with E-state index in [9.17, 15) is 18.0 Å². The first-order valence-corrected chi connectivity index (χ1v) is 8.43. The maximum absolute atomic E-state index is 12.6. The minimum absolute atomic E-state index is 0.228. The van der Waals surface area contributed by atoms with Gasteiger partial charge in [0.1, 0.15) is 5.75 Å². The molecule has 27 heavy (non-hydrogen) atoms. The van der Waals surface area contributed by atoms with E-state index in [-0.39, 0.29) is 5.91 Å². The van der Waals surface area contributed by atoms with Gasteiger partial charge in [0.15, 0.2) is 0 Å². The van der Waals surface area contributed by atoms with Crippen LogP contribution in [0.1, 0.15) is 23.6 Å². The number of halogens is 3. The fraction of sp³-hybridized carbons (Fsp3) is 0.350. The first-order chi connectivity index (χ1) is 12.6. The molecule has 0 heterocycles. The molecule has 2 aromatic rings. The van der Waals surface area contributed by atoms with Gasteiger partial charge in [-0.3, -0.25) is 9.69 Å². The molecule has 2 rings (SSSR count). The van der Waals surface area contributed by atoms with Crippen LogP contribution in [-0.4, -0.2) is 31.0 Å². The Morgan fingerprint density at radius 3 is 2.37 bits per heavy atom. The van der Waals surface area contributed by atoms with Gasteiger partial charge >= 0.3 is 6.18 Å². The molecule has 0 saturated carbocycles. The maximum atomic E-state index is 12.6. The Kier molecular flexibility index (Phi) is 6.49. The predicted molar refractivity (Wildman–Crippen MR) is 98.7 cm³/mol. The van der Waals surface area contributed by atoms with Gasteiger partial charge in [-0.1, -0.05) is 18.2 Å². The summed E-state index contributed by atoms with van der Waals surface area (Å²) in [5.41, 5.74) is 1.57. The Hall–Kier alpha value is -2.54. The van der Waals surface area contributed by atoms with E-state index in [1.807, 2.05) is 19.1 Å². The van der Waals surface area contributed by atoms with Gasteiger partial charge in [-0.15, -0.1) is 0 Å². The van der Waals surface area contributed by atoms with Crippen molar-refractivity contribution < 1.29 is 22.7 Å². The van der Waals surface area contributed by atoms with Crippen LogP contribution in [0.25, 0.3) is 0 Å². The second kappa shape index (κ2) is 8.43. The molecule has 0 aliphatic carbocycles. The maximum Gasteiger partial charge on any atom is 0.416 e. The van der Waals surface area contributed by atoms with Crippen LogP contribution in [0.3, 0.4) is 0 Å². The molecule has 2 aromatic carbocycles. The summed E-state index contributed by atoms with van der Waals surface area (Å²) in [5.74, 6) is 0.333. The second-order valence-electron chi connectivity index (χ2n) is 6.48. The number of likely N-dealkylation sites (N-methyl/N-ethyl adjacent to an activating group) is 1. The highest BCUT2D eigenvalue weighted by Gasteiger charge is 2.30. The lowest BCUT2D eigenvalue weighted by molar-refractivity contribution is -0.137. The standard InChI is InChI=1S/C20H23F3N2O2/c1-13-5-10-18(27-4)17(11-13)24-19(26)14(2)25(3)12-15-6-8-16(9-7-15)20(21,22)23/h5-11,14H,12H2,1-4H3,(H,24,26). The van der Waals surface area contributed by atoms with Crippen LogP contribution in [0.4, 0.5) is 18.9 Å². The number of ether oxygens (including phenoxy) is 1. The Morgan fingerprint density at radius 1 is 1.19 bits per heavy atom. The highest BCUT2D eigenvalue weighted by Crippen LogP contribution is 2.29. The van der Waals surface area contributed by atoms with E-state index in [4.69, 9.17) is 4.74 Å². The number of carbonyl (C=O) groups excluding carboxylic acids is 1. The summed E-state index contributed by atoms with van der Waals surface area (Å²) in [7, 11) is 3.27. The Bertz CT molecular complexity index is 789. The SMILES string of the molecule is COc1ccc(C)cc1NC(=O)C(C)N(C)Cc1ccc(C(F)(F)F)cc1. The molecule has 4 nitrogen and oxygen atoms in total. The van der Waals surface area contributed by atoms with Gasteiger partial charge in [0, 0.05) is 6.54 Å². The molecule has 0 spiro atoms. The smallest absolute Gasteiger partial charge is 0.416 e. The van der Waals surface area contributed by atoms with E-state index in [1.54, 1.807) is 24.9 Å². The lowest BCUT2D eigenvalue weighted by atomic mass is 10.1. The molecule has 0 fully saturated rings. The molecule has 0 aliphatic heterocycles. The number of alkyl halides is 3. The highest BCUT2D eigenvalue weighted by molar-refractivity contribution is 5.95. The molecular formula is C20H23F3N2O2. The molecule has 0 bridgehead atoms.